The van der Waals surface area contributed by atoms with Crippen molar-refractivity contribution < 1.29 is 14.4 Å². The number of pyridine rings is 1. The molecule has 118 valence electrons. The van der Waals surface area contributed by atoms with Crippen molar-refractivity contribution in [1.29, 1.82) is 0 Å². The minimum atomic E-state index is -1.05. The van der Waals surface area contributed by atoms with E-state index in [-0.39, 0.29) is 11.4 Å². The molecule has 0 bridgehead atoms. The van der Waals surface area contributed by atoms with E-state index in [1.807, 2.05) is 12.3 Å². The molecule has 0 aromatic carbocycles. The molecule has 0 aliphatic heterocycles. The Morgan fingerprint density at radius 2 is 2.26 bits per heavy atom. The van der Waals surface area contributed by atoms with E-state index >= 15 is 0 Å². The van der Waals surface area contributed by atoms with Gasteiger partial charge in [-0.15, -0.1) is 11.8 Å². The van der Waals surface area contributed by atoms with E-state index in [1.54, 1.807) is 25.3 Å². The maximum absolute atomic E-state index is 11.1. The molecule has 0 aliphatic carbocycles. The van der Waals surface area contributed by atoms with Crippen LogP contribution in [0.4, 0.5) is 0 Å². The predicted octanol–water partition coefficient (Wildman–Crippen LogP) is 3.45. The highest BCUT2D eigenvalue weighted by Crippen LogP contribution is 2.27. The second-order valence-corrected chi connectivity index (χ2v) is 5.21. The summed E-state index contributed by atoms with van der Waals surface area (Å²) < 4.78 is 5.25. The third kappa shape index (κ3) is 3.95. The van der Waals surface area contributed by atoms with E-state index in [2.05, 4.69) is 21.7 Å². The number of allylic oxidation sites excluding steroid dienone is 3. The lowest BCUT2D eigenvalue weighted by atomic mass is 10.1. The summed E-state index contributed by atoms with van der Waals surface area (Å²) in [6, 6.07) is 3.61. The summed E-state index contributed by atoms with van der Waals surface area (Å²) in [7, 11) is 0. The van der Waals surface area contributed by atoms with Crippen LogP contribution in [-0.2, 0) is 4.79 Å². The van der Waals surface area contributed by atoms with Gasteiger partial charge < -0.3 is 9.63 Å². The van der Waals surface area contributed by atoms with Gasteiger partial charge in [0.25, 0.3) is 5.89 Å². The Balaban J connectivity index is 2.34. The van der Waals surface area contributed by atoms with Crippen LogP contribution in [0.25, 0.3) is 17.0 Å². The minimum absolute atomic E-state index is 0.0926. The standard InChI is InChI=1S/C16H15N3O3S/c1-4-6-11(16(20)21)9-10(2)13-18-14(22-19-13)12-7-5-8-17-15(12)23-3/h4-9H,2H2,1,3H3,(H,20,21)/b6-4-,11-9+. The smallest absolute Gasteiger partial charge is 0.335 e. The van der Waals surface area contributed by atoms with Gasteiger partial charge in [-0.25, -0.2) is 9.78 Å². The number of carboxylic acids is 1. The summed E-state index contributed by atoms with van der Waals surface area (Å²) in [5, 5.41) is 13.7. The Morgan fingerprint density at radius 1 is 1.48 bits per heavy atom. The van der Waals surface area contributed by atoms with E-state index in [0.29, 0.717) is 11.5 Å². The summed E-state index contributed by atoms with van der Waals surface area (Å²) in [5.41, 5.74) is 1.17. The average Bonchev–Trinajstić information content (AvgIpc) is 3.04. The third-order valence-corrected chi connectivity index (χ3v) is 3.54. The number of carboxylic acid groups (broad SMARTS) is 1. The Hall–Kier alpha value is -2.67. The molecule has 7 heteroatoms. The molecule has 0 radical (unpaired) electrons. The maximum Gasteiger partial charge on any atom is 0.335 e. The van der Waals surface area contributed by atoms with E-state index in [4.69, 9.17) is 9.63 Å². The fourth-order valence-electron chi connectivity index (χ4n) is 1.79. The Labute approximate surface area is 137 Å². The number of hydrogen-bond donors (Lipinski definition) is 1. The molecule has 0 spiro atoms. The molecule has 0 saturated carbocycles. The van der Waals surface area contributed by atoms with Gasteiger partial charge in [-0.2, -0.15) is 4.98 Å². The van der Waals surface area contributed by atoms with Crippen molar-refractivity contribution in [1.82, 2.24) is 15.1 Å². The number of nitrogens with zero attached hydrogens (tertiary/aromatic N) is 3. The lowest BCUT2D eigenvalue weighted by Gasteiger charge is -1.99. The van der Waals surface area contributed by atoms with Crippen LogP contribution in [-0.4, -0.2) is 32.5 Å². The number of rotatable bonds is 6. The molecule has 0 atom stereocenters. The zero-order chi connectivity index (χ0) is 16.8. The number of thioether (sulfide) groups is 1. The topological polar surface area (TPSA) is 89.1 Å². The monoisotopic (exact) mass is 329 g/mol. The van der Waals surface area contributed by atoms with Crippen molar-refractivity contribution in [3.05, 3.63) is 54.5 Å². The predicted molar refractivity (Wildman–Crippen MR) is 88.9 cm³/mol. The highest BCUT2D eigenvalue weighted by molar-refractivity contribution is 7.98. The molecule has 0 amide bonds. The summed E-state index contributed by atoms with van der Waals surface area (Å²) in [6.07, 6.45) is 8.10. The van der Waals surface area contributed by atoms with Crippen LogP contribution in [0.2, 0.25) is 0 Å². The second-order valence-electron chi connectivity index (χ2n) is 4.41. The van der Waals surface area contributed by atoms with Crippen LogP contribution in [0.3, 0.4) is 0 Å². The van der Waals surface area contributed by atoms with Crippen molar-refractivity contribution in [2.75, 3.05) is 6.26 Å². The quantitative estimate of drug-likeness (QED) is 0.493. The van der Waals surface area contributed by atoms with Crippen LogP contribution in [0.15, 0.2) is 58.3 Å². The molecule has 6 nitrogen and oxygen atoms in total. The van der Waals surface area contributed by atoms with Gasteiger partial charge in [0.2, 0.25) is 5.82 Å². The minimum Gasteiger partial charge on any atom is -0.478 e. The zero-order valence-electron chi connectivity index (χ0n) is 12.7. The summed E-state index contributed by atoms with van der Waals surface area (Å²) >= 11 is 1.47. The van der Waals surface area contributed by atoms with Gasteiger partial charge in [0.1, 0.15) is 5.03 Å². The normalized spacial score (nSPS) is 11.8. The van der Waals surface area contributed by atoms with Crippen molar-refractivity contribution in [3.63, 3.8) is 0 Å². The summed E-state index contributed by atoms with van der Waals surface area (Å²) in [5.74, 6) is -0.501. The van der Waals surface area contributed by atoms with Gasteiger partial charge in [0, 0.05) is 11.8 Å². The van der Waals surface area contributed by atoms with E-state index < -0.39 is 5.97 Å². The van der Waals surface area contributed by atoms with E-state index in [1.165, 1.54) is 23.9 Å². The molecule has 0 aliphatic rings. The van der Waals surface area contributed by atoms with Crippen molar-refractivity contribution >= 4 is 23.3 Å². The lowest BCUT2D eigenvalue weighted by Crippen LogP contribution is -1.98. The van der Waals surface area contributed by atoms with Crippen LogP contribution >= 0.6 is 11.8 Å². The fourth-order valence-corrected chi connectivity index (χ4v) is 2.33. The molecule has 0 unspecified atom stereocenters. The Kier molecular flexibility index (Phi) is 5.48. The van der Waals surface area contributed by atoms with Gasteiger partial charge in [0.15, 0.2) is 0 Å². The van der Waals surface area contributed by atoms with Crippen LogP contribution in [0, 0.1) is 0 Å². The largest absolute Gasteiger partial charge is 0.478 e. The first-order valence-corrected chi connectivity index (χ1v) is 7.89. The third-order valence-electron chi connectivity index (χ3n) is 2.83. The van der Waals surface area contributed by atoms with Crippen molar-refractivity contribution in [2.45, 2.75) is 11.9 Å². The molecule has 23 heavy (non-hydrogen) atoms. The van der Waals surface area contributed by atoms with Gasteiger partial charge in [-0.05, 0) is 31.4 Å². The Morgan fingerprint density at radius 3 is 2.91 bits per heavy atom. The first-order chi connectivity index (χ1) is 11.1. The number of aliphatic carboxylic acids is 1. The molecule has 0 fully saturated rings. The van der Waals surface area contributed by atoms with Gasteiger partial charge in [0.05, 0.1) is 11.1 Å². The number of hydrogen-bond acceptors (Lipinski definition) is 6. The summed E-state index contributed by atoms with van der Waals surface area (Å²) in [4.78, 5) is 19.6. The molecule has 0 saturated heterocycles. The van der Waals surface area contributed by atoms with Gasteiger partial charge in [-0.3, -0.25) is 0 Å². The molecule has 2 aromatic heterocycles. The summed E-state index contributed by atoms with van der Waals surface area (Å²) in [6.45, 7) is 5.53. The number of aromatic nitrogens is 3. The highest BCUT2D eigenvalue weighted by Gasteiger charge is 2.15. The van der Waals surface area contributed by atoms with Crippen molar-refractivity contribution in [3.8, 4) is 11.5 Å². The molecular weight excluding hydrogens is 314 g/mol. The average molecular weight is 329 g/mol. The lowest BCUT2D eigenvalue weighted by molar-refractivity contribution is -0.132. The second kappa shape index (κ2) is 7.55. The van der Waals surface area contributed by atoms with Crippen LogP contribution in [0.5, 0.6) is 0 Å². The van der Waals surface area contributed by atoms with Gasteiger partial charge >= 0.3 is 5.97 Å². The van der Waals surface area contributed by atoms with Crippen LogP contribution in [0.1, 0.15) is 12.7 Å². The first-order valence-electron chi connectivity index (χ1n) is 6.67. The van der Waals surface area contributed by atoms with Crippen molar-refractivity contribution in [2.24, 2.45) is 0 Å². The SMILES string of the molecule is C=C(/C=C(\C=C/C)C(=O)O)c1noc(-c2cccnc2SC)n1. The fraction of sp³-hybridized carbons (Fsp3) is 0.125. The zero-order valence-corrected chi connectivity index (χ0v) is 13.5. The Bertz CT molecular complexity index is 793. The maximum atomic E-state index is 11.1. The van der Waals surface area contributed by atoms with E-state index in [0.717, 1.165) is 10.6 Å². The molecule has 2 heterocycles. The highest BCUT2D eigenvalue weighted by atomic mass is 32.2. The van der Waals surface area contributed by atoms with E-state index in [9.17, 15) is 4.79 Å². The molecule has 2 aromatic rings. The first kappa shape index (κ1) is 16.7. The number of carbonyl (C=O) groups is 1. The molecule has 2 rings (SSSR count). The van der Waals surface area contributed by atoms with Crippen LogP contribution < -0.4 is 0 Å². The molecular formula is C16H15N3O3S. The molecule has 1 N–H and O–H groups in total. The van der Waals surface area contributed by atoms with Gasteiger partial charge in [-0.1, -0.05) is 23.9 Å².